The molecule has 2 aromatic rings. The van der Waals surface area contributed by atoms with Gasteiger partial charge in [0, 0.05) is 5.54 Å². The largest absolute Gasteiger partial charge is 0.476 e. The molecular weight excluding hydrogens is 376 g/mol. The van der Waals surface area contributed by atoms with Gasteiger partial charge in [0.25, 0.3) is 5.91 Å². The minimum Gasteiger partial charge on any atom is -0.476 e. The third kappa shape index (κ3) is 4.65. The van der Waals surface area contributed by atoms with Gasteiger partial charge in [-0.1, -0.05) is 36.4 Å². The van der Waals surface area contributed by atoms with Gasteiger partial charge in [-0.2, -0.15) is 0 Å². The lowest BCUT2D eigenvalue weighted by Crippen LogP contribution is -2.55. The first-order chi connectivity index (χ1) is 13.0. The quantitative estimate of drug-likeness (QED) is 0.834. The van der Waals surface area contributed by atoms with Crippen molar-refractivity contribution in [3.05, 3.63) is 59.7 Å². The molecule has 2 aromatic carbocycles. The Morgan fingerprint density at radius 3 is 2.54 bits per heavy atom. The summed E-state index contributed by atoms with van der Waals surface area (Å²) >= 11 is 0. The second kappa shape index (κ2) is 7.47. The number of fused-ring (bicyclic) bond motifs is 1. The van der Waals surface area contributed by atoms with Crippen molar-refractivity contribution in [2.24, 2.45) is 0 Å². The van der Waals surface area contributed by atoms with Crippen molar-refractivity contribution in [2.75, 3.05) is 17.1 Å². The summed E-state index contributed by atoms with van der Waals surface area (Å²) in [6.07, 6.45) is 0.872. The molecule has 150 valence electrons. The first-order valence-electron chi connectivity index (χ1n) is 9.16. The molecule has 1 unspecified atom stereocenters. The predicted octanol–water partition coefficient (Wildman–Crippen LogP) is 2.66. The van der Waals surface area contributed by atoms with Crippen molar-refractivity contribution in [1.82, 2.24) is 5.32 Å². The van der Waals surface area contributed by atoms with Gasteiger partial charge < -0.3 is 10.1 Å². The van der Waals surface area contributed by atoms with Crippen LogP contribution in [0.25, 0.3) is 0 Å². The lowest BCUT2D eigenvalue weighted by atomic mass is 9.94. The van der Waals surface area contributed by atoms with Crippen LogP contribution in [-0.2, 0) is 21.2 Å². The molecule has 6 nitrogen and oxygen atoms in total. The standard InChI is InChI=1S/C21H26N2O4S/c1-15-10-11-18-17(12-15)23(28(4,25)26)14-19(27-18)20(24)22-21(2,3)13-16-8-6-5-7-9-16/h5-12,19H,13-14H2,1-4H3,(H,22,24). The van der Waals surface area contributed by atoms with Gasteiger partial charge >= 0.3 is 0 Å². The molecule has 0 saturated carbocycles. The zero-order chi connectivity index (χ0) is 20.5. The Hall–Kier alpha value is -2.54. The summed E-state index contributed by atoms with van der Waals surface area (Å²) in [6, 6.07) is 15.2. The second-order valence-electron chi connectivity index (χ2n) is 7.91. The molecule has 0 spiro atoms. The summed E-state index contributed by atoms with van der Waals surface area (Å²) in [7, 11) is -3.54. The molecular formula is C21H26N2O4S. The van der Waals surface area contributed by atoms with Gasteiger partial charge in [-0.15, -0.1) is 0 Å². The highest BCUT2D eigenvalue weighted by molar-refractivity contribution is 7.92. The van der Waals surface area contributed by atoms with Crippen molar-refractivity contribution in [3.63, 3.8) is 0 Å². The predicted molar refractivity (Wildman–Crippen MR) is 110 cm³/mol. The summed E-state index contributed by atoms with van der Waals surface area (Å²) in [4.78, 5) is 12.9. The Kier molecular flexibility index (Phi) is 5.39. The summed E-state index contributed by atoms with van der Waals surface area (Å²) in [5.74, 6) is 0.0593. The van der Waals surface area contributed by atoms with E-state index in [1.54, 1.807) is 12.1 Å². The Bertz CT molecular complexity index is 971. The van der Waals surface area contributed by atoms with Crippen LogP contribution in [0.3, 0.4) is 0 Å². The topological polar surface area (TPSA) is 75.7 Å². The van der Waals surface area contributed by atoms with Crippen LogP contribution in [0.5, 0.6) is 5.75 Å². The van der Waals surface area contributed by atoms with Gasteiger partial charge in [-0.3, -0.25) is 9.10 Å². The Balaban J connectivity index is 1.80. The number of ether oxygens (including phenoxy) is 1. The molecule has 0 aliphatic carbocycles. The Morgan fingerprint density at radius 2 is 1.89 bits per heavy atom. The summed E-state index contributed by atoms with van der Waals surface area (Å²) in [6.45, 7) is 5.70. The maximum Gasteiger partial charge on any atom is 0.263 e. The van der Waals surface area contributed by atoms with Crippen molar-refractivity contribution in [3.8, 4) is 5.75 Å². The minimum atomic E-state index is -3.54. The van der Waals surface area contributed by atoms with Crippen LogP contribution in [0.4, 0.5) is 5.69 Å². The van der Waals surface area contributed by atoms with Crippen molar-refractivity contribution < 1.29 is 17.9 Å². The molecule has 0 radical (unpaired) electrons. The van der Waals surface area contributed by atoms with Crippen LogP contribution in [0, 0.1) is 6.92 Å². The fourth-order valence-electron chi connectivity index (χ4n) is 3.38. The fourth-order valence-corrected chi connectivity index (χ4v) is 4.28. The molecule has 0 bridgehead atoms. The third-order valence-corrected chi connectivity index (χ3v) is 5.77. The van der Waals surface area contributed by atoms with Gasteiger partial charge in [0.15, 0.2) is 6.10 Å². The van der Waals surface area contributed by atoms with Crippen molar-refractivity contribution >= 4 is 21.6 Å². The number of hydrogen-bond acceptors (Lipinski definition) is 4. The number of hydrogen-bond donors (Lipinski definition) is 1. The van der Waals surface area contributed by atoms with Crippen LogP contribution in [0.15, 0.2) is 48.5 Å². The van der Waals surface area contributed by atoms with E-state index in [0.29, 0.717) is 17.9 Å². The molecule has 1 aliphatic heterocycles. The van der Waals surface area contributed by atoms with E-state index >= 15 is 0 Å². The maximum absolute atomic E-state index is 12.9. The molecule has 1 atom stereocenters. The lowest BCUT2D eigenvalue weighted by molar-refractivity contribution is -0.129. The highest BCUT2D eigenvalue weighted by Crippen LogP contribution is 2.35. The highest BCUT2D eigenvalue weighted by atomic mass is 32.2. The molecule has 1 heterocycles. The van der Waals surface area contributed by atoms with E-state index in [9.17, 15) is 13.2 Å². The lowest BCUT2D eigenvalue weighted by Gasteiger charge is -2.36. The first-order valence-corrected chi connectivity index (χ1v) is 11.0. The molecule has 28 heavy (non-hydrogen) atoms. The normalized spacial score (nSPS) is 16.9. The van der Waals surface area contributed by atoms with Crippen LogP contribution < -0.4 is 14.4 Å². The number of carbonyl (C=O) groups excluding carboxylic acids is 1. The summed E-state index contributed by atoms with van der Waals surface area (Å²) < 4.78 is 31.7. The molecule has 1 amide bonds. The smallest absolute Gasteiger partial charge is 0.263 e. The van der Waals surface area contributed by atoms with Gasteiger partial charge in [0.1, 0.15) is 5.75 Å². The van der Waals surface area contributed by atoms with Gasteiger partial charge in [0.2, 0.25) is 10.0 Å². The van der Waals surface area contributed by atoms with Crippen LogP contribution in [-0.4, -0.2) is 38.8 Å². The van der Waals surface area contributed by atoms with E-state index in [2.05, 4.69) is 5.32 Å². The summed E-state index contributed by atoms with van der Waals surface area (Å²) in [5.41, 5.74) is 1.99. The number of sulfonamides is 1. The van der Waals surface area contributed by atoms with E-state index in [1.807, 2.05) is 57.2 Å². The highest BCUT2D eigenvalue weighted by Gasteiger charge is 2.36. The van der Waals surface area contributed by atoms with E-state index in [1.165, 1.54) is 4.31 Å². The summed E-state index contributed by atoms with van der Waals surface area (Å²) in [5, 5.41) is 3.00. The van der Waals surface area contributed by atoms with Crippen LogP contribution in [0.1, 0.15) is 25.0 Å². The third-order valence-electron chi connectivity index (χ3n) is 4.63. The number of carbonyl (C=O) groups is 1. The molecule has 1 aliphatic rings. The molecule has 0 aromatic heterocycles. The van der Waals surface area contributed by atoms with Crippen LogP contribution in [0.2, 0.25) is 0 Å². The minimum absolute atomic E-state index is 0.0530. The molecule has 0 fully saturated rings. The monoisotopic (exact) mass is 402 g/mol. The van der Waals surface area contributed by atoms with Gasteiger partial charge in [-0.05, 0) is 50.5 Å². The number of aryl methyl sites for hydroxylation is 1. The maximum atomic E-state index is 12.9. The van der Waals surface area contributed by atoms with E-state index < -0.39 is 21.7 Å². The fraction of sp³-hybridized carbons (Fsp3) is 0.381. The molecule has 7 heteroatoms. The number of nitrogens with one attached hydrogen (secondary N) is 1. The van der Waals surface area contributed by atoms with Crippen molar-refractivity contribution in [1.29, 1.82) is 0 Å². The van der Waals surface area contributed by atoms with Gasteiger partial charge in [0.05, 0.1) is 18.5 Å². The Labute approximate surface area is 166 Å². The number of amides is 1. The zero-order valence-corrected chi connectivity index (χ0v) is 17.4. The SMILES string of the molecule is Cc1ccc2c(c1)N(S(C)(=O)=O)CC(C(=O)NC(C)(C)Cc1ccccc1)O2. The van der Waals surface area contributed by atoms with E-state index in [0.717, 1.165) is 17.4 Å². The average molecular weight is 403 g/mol. The zero-order valence-electron chi connectivity index (χ0n) is 16.6. The second-order valence-corrected chi connectivity index (χ2v) is 9.81. The Morgan fingerprint density at radius 1 is 1.21 bits per heavy atom. The first kappa shape index (κ1) is 20.2. The number of nitrogens with zero attached hydrogens (tertiary/aromatic N) is 1. The number of anilines is 1. The van der Waals surface area contributed by atoms with Crippen molar-refractivity contribution in [2.45, 2.75) is 38.8 Å². The molecule has 0 saturated heterocycles. The number of rotatable bonds is 5. The average Bonchev–Trinajstić information content (AvgIpc) is 2.59. The van der Waals surface area contributed by atoms with Crippen LogP contribution >= 0.6 is 0 Å². The molecule has 3 rings (SSSR count). The van der Waals surface area contributed by atoms with Gasteiger partial charge in [-0.25, -0.2) is 8.42 Å². The molecule has 1 N–H and O–H groups in total. The van der Waals surface area contributed by atoms with E-state index in [4.69, 9.17) is 4.74 Å². The number of benzene rings is 2. The van der Waals surface area contributed by atoms with E-state index in [-0.39, 0.29) is 12.5 Å².